The highest BCUT2D eigenvalue weighted by Gasteiger charge is 2.27. The Labute approximate surface area is 119 Å². The molecular formula is C15H21N5. The lowest BCUT2D eigenvalue weighted by Crippen LogP contribution is -2.22. The molecule has 3 heterocycles. The van der Waals surface area contributed by atoms with Gasteiger partial charge in [-0.2, -0.15) is 5.10 Å². The lowest BCUT2D eigenvalue weighted by molar-refractivity contribution is 0.311. The minimum Gasteiger partial charge on any atom is -0.330 e. The highest BCUT2D eigenvalue weighted by Crippen LogP contribution is 2.28. The van der Waals surface area contributed by atoms with Gasteiger partial charge in [0.1, 0.15) is 0 Å². The third-order valence-electron chi connectivity index (χ3n) is 4.65. The molecule has 0 radical (unpaired) electrons. The Kier molecular flexibility index (Phi) is 3.07. The molecule has 5 nitrogen and oxygen atoms in total. The number of nitrogens with one attached hydrogen (secondary N) is 1. The summed E-state index contributed by atoms with van der Waals surface area (Å²) in [5.41, 5.74) is 4.06. The number of rotatable bonds is 3. The van der Waals surface area contributed by atoms with E-state index in [9.17, 15) is 0 Å². The molecule has 1 unspecified atom stereocenters. The van der Waals surface area contributed by atoms with Crippen LogP contribution in [-0.2, 0) is 19.4 Å². The van der Waals surface area contributed by atoms with Crippen molar-refractivity contribution in [1.29, 1.82) is 0 Å². The molecule has 2 aromatic heterocycles. The average molecular weight is 271 g/mol. The Bertz CT molecular complexity index is 571. The number of nitrogens with zero attached hydrogens (tertiary/aromatic N) is 4. The van der Waals surface area contributed by atoms with Crippen LogP contribution in [0.5, 0.6) is 0 Å². The molecule has 1 fully saturated rings. The predicted molar refractivity (Wildman–Crippen MR) is 76.4 cm³/mol. The quantitative estimate of drug-likeness (QED) is 0.928. The fraction of sp³-hybridized carbons (Fsp3) is 0.600. The first-order valence-electron chi connectivity index (χ1n) is 7.65. The van der Waals surface area contributed by atoms with Crippen molar-refractivity contribution in [2.75, 3.05) is 13.1 Å². The SMILES string of the molecule is c1cc(CN2CCC(n3cnc4c3CCCC4)C2)[nH]n1. The number of aromatic amines is 1. The lowest BCUT2D eigenvalue weighted by atomic mass is 10.0. The zero-order valence-corrected chi connectivity index (χ0v) is 11.8. The molecule has 2 aromatic rings. The zero-order valence-electron chi connectivity index (χ0n) is 11.8. The van der Waals surface area contributed by atoms with Crippen LogP contribution in [0.1, 0.15) is 42.4 Å². The second kappa shape index (κ2) is 5.05. The Hall–Kier alpha value is -1.62. The van der Waals surface area contributed by atoms with Gasteiger partial charge in [0.2, 0.25) is 0 Å². The van der Waals surface area contributed by atoms with Gasteiger partial charge < -0.3 is 4.57 Å². The molecular weight excluding hydrogens is 250 g/mol. The fourth-order valence-corrected chi connectivity index (χ4v) is 3.60. The summed E-state index contributed by atoms with van der Waals surface area (Å²) in [6.45, 7) is 3.27. The molecule has 20 heavy (non-hydrogen) atoms. The summed E-state index contributed by atoms with van der Waals surface area (Å²) in [5, 5.41) is 7.08. The summed E-state index contributed by atoms with van der Waals surface area (Å²) >= 11 is 0. The zero-order chi connectivity index (χ0) is 13.4. The second-order valence-corrected chi connectivity index (χ2v) is 6.01. The number of likely N-dealkylation sites (tertiary alicyclic amines) is 1. The number of hydrogen-bond acceptors (Lipinski definition) is 3. The predicted octanol–water partition coefficient (Wildman–Crippen LogP) is 1.93. The molecule has 106 valence electrons. The van der Waals surface area contributed by atoms with Gasteiger partial charge in [-0.3, -0.25) is 10.00 Å². The van der Waals surface area contributed by atoms with E-state index < -0.39 is 0 Å². The van der Waals surface area contributed by atoms with Crippen molar-refractivity contribution in [1.82, 2.24) is 24.6 Å². The van der Waals surface area contributed by atoms with E-state index in [4.69, 9.17) is 0 Å². The van der Waals surface area contributed by atoms with Gasteiger partial charge in [-0.1, -0.05) is 0 Å². The summed E-state index contributed by atoms with van der Waals surface area (Å²) in [5.74, 6) is 0. The van der Waals surface area contributed by atoms with Gasteiger partial charge in [0, 0.05) is 43.3 Å². The number of imidazole rings is 1. The van der Waals surface area contributed by atoms with Crippen LogP contribution in [0.3, 0.4) is 0 Å². The summed E-state index contributed by atoms with van der Waals surface area (Å²) in [6, 6.07) is 2.67. The summed E-state index contributed by atoms with van der Waals surface area (Å²) in [7, 11) is 0. The molecule has 0 spiro atoms. The van der Waals surface area contributed by atoms with E-state index in [2.05, 4.69) is 37.0 Å². The maximum atomic E-state index is 4.63. The van der Waals surface area contributed by atoms with Crippen molar-refractivity contribution in [3.63, 3.8) is 0 Å². The number of fused-ring (bicyclic) bond motifs is 1. The fourth-order valence-electron chi connectivity index (χ4n) is 3.60. The first-order valence-corrected chi connectivity index (χ1v) is 7.65. The van der Waals surface area contributed by atoms with Crippen molar-refractivity contribution in [2.45, 2.75) is 44.7 Å². The van der Waals surface area contributed by atoms with E-state index in [0.717, 1.165) is 19.6 Å². The molecule has 1 saturated heterocycles. The van der Waals surface area contributed by atoms with E-state index in [1.54, 1.807) is 0 Å². The second-order valence-electron chi connectivity index (χ2n) is 6.01. The van der Waals surface area contributed by atoms with Gasteiger partial charge in [0.15, 0.2) is 0 Å². The Morgan fingerprint density at radius 1 is 1.30 bits per heavy atom. The van der Waals surface area contributed by atoms with Crippen LogP contribution < -0.4 is 0 Å². The van der Waals surface area contributed by atoms with Crippen LogP contribution in [0.25, 0.3) is 0 Å². The minimum atomic E-state index is 0.604. The summed E-state index contributed by atoms with van der Waals surface area (Å²) in [4.78, 5) is 7.14. The maximum absolute atomic E-state index is 4.63. The molecule has 1 atom stereocenters. The number of aryl methyl sites for hydroxylation is 1. The first kappa shape index (κ1) is 12.1. The molecule has 0 saturated carbocycles. The number of aromatic nitrogens is 4. The van der Waals surface area contributed by atoms with Crippen molar-refractivity contribution >= 4 is 0 Å². The lowest BCUT2D eigenvalue weighted by Gasteiger charge is -2.20. The van der Waals surface area contributed by atoms with E-state index >= 15 is 0 Å². The molecule has 2 aliphatic rings. The molecule has 0 amide bonds. The van der Waals surface area contributed by atoms with Gasteiger partial charge >= 0.3 is 0 Å². The average Bonchev–Trinajstić information content (AvgIpc) is 3.18. The van der Waals surface area contributed by atoms with Crippen molar-refractivity contribution in [2.24, 2.45) is 0 Å². The third kappa shape index (κ3) is 2.16. The molecule has 1 aliphatic heterocycles. The van der Waals surface area contributed by atoms with Crippen LogP contribution in [0.4, 0.5) is 0 Å². The van der Waals surface area contributed by atoms with E-state index in [1.807, 2.05) is 6.20 Å². The Morgan fingerprint density at radius 3 is 3.15 bits per heavy atom. The summed E-state index contributed by atoms with van der Waals surface area (Å²) < 4.78 is 2.46. The summed E-state index contributed by atoms with van der Waals surface area (Å²) in [6.07, 6.45) is 10.2. The van der Waals surface area contributed by atoms with Gasteiger partial charge in [-0.25, -0.2) is 4.98 Å². The van der Waals surface area contributed by atoms with Crippen LogP contribution in [0, 0.1) is 0 Å². The molecule has 0 bridgehead atoms. The first-order chi connectivity index (χ1) is 9.90. The molecule has 0 aromatic carbocycles. The molecule has 5 heteroatoms. The van der Waals surface area contributed by atoms with Crippen molar-refractivity contribution in [3.8, 4) is 0 Å². The highest BCUT2D eigenvalue weighted by molar-refractivity contribution is 5.17. The van der Waals surface area contributed by atoms with Gasteiger partial charge in [0.05, 0.1) is 12.0 Å². The van der Waals surface area contributed by atoms with Crippen LogP contribution in [0.15, 0.2) is 18.6 Å². The van der Waals surface area contributed by atoms with Gasteiger partial charge in [-0.05, 0) is 38.2 Å². The van der Waals surface area contributed by atoms with Gasteiger partial charge in [0.25, 0.3) is 0 Å². The number of hydrogen-bond donors (Lipinski definition) is 1. The maximum Gasteiger partial charge on any atom is 0.0954 e. The van der Waals surface area contributed by atoms with Crippen molar-refractivity contribution < 1.29 is 0 Å². The van der Waals surface area contributed by atoms with Crippen LogP contribution >= 0.6 is 0 Å². The molecule has 4 rings (SSSR count). The largest absolute Gasteiger partial charge is 0.330 e. The van der Waals surface area contributed by atoms with Crippen LogP contribution in [0.2, 0.25) is 0 Å². The third-order valence-corrected chi connectivity index (χ3v) is 4.65. The smallest absolute Gasteiger partial charge is 0.0954 e. The Morgan fingerprint density at radius 2 is 2.25 bits per heavy atom. The van der Waals surface area contributed by atoms with E-state index in [1.165, 1.54) is 49.2 Å². The topological polar surface area (TPSA) is 49.7 Å². The van der Waals surface area contributed by atoms with Crippen LogP contribution in [-0.4, -0.2) is 37.7 Å². The normalized spacial score (nSPS) is 23.1. The molecule has 1 aliphatic carbocycles. The van der Waals surface area contributed by atoms with Gasteiger partial charge in [-0.15, -0.1) is 0 Å². The highest BCUT2D eigenvalue weighted by atomic mass is 15.2. The molecule has 1 N–H and O–H groups in total. The Balaban J connectivity index is 1.47. The van der Waals surface area contributed by atoms with E-state index in [-0.39, 0.29) is 0 Å². The number of H-pyrrole nitrogens is 1. The monoisotopic (exact) mass is 271 g/mol. The minimum absolute atomic E-state index is 0.604. The van der Waals surface area contributed by atoms with E-state index in [0.29, 0.717) is 6.04 Å². The standard InChI is InChI=1S/C15H21N5/c1-2-4-15-14(3-1)16-11-20(15)13-6-8-19(10-13)9-12-5-7-17-18-12/h5,7,11,13H,1-4,6,8-10H2,(H,17,18). The van der Waals surface area contributed by atoms with Crippen molar-refractivity contribution in [3.05, 3.63) is 35.7 Å².